The second-order valence-electron chi connectivity index (χ2n) is 8.51. The molecule has 0 radical (unpaired) electrons. The highest BCUT2D eigenvalue weighted by Gasteiger charge is 2.47. The first-order chi connectivity index (χ1) is 15.8. The quantitative estimate of drug-likeness (QED) is 0.585. The fourth-order valence-corrected chi connectivity index (χ4v) is 5.07. The van der Waals surface area contributed by atoms with Crippen molar-refractivity contribution >= 4 is 35.0 Å². The van der Waals surface area contributed by atoms with Gasteiger partial charge in [-0.25, -0.2) is 13.8 Å². The molecule has 2 aromatic rings. The van der Waals surface area contributed by atoms with E-state index < -0.39 is 28.9 Å². The Hall–Kier alpha value is -3.01. The standard InChI is InChI=1S/C22H24ClF2N5O3/c1-26-19(31)17-18(28-11-27-17)20(32)29-12-3-6-22(7-4-12)5-2-8-30(21(22)33)16-10-15(25)14(24)9-13(16)23/h9-12H,2-8H2,1H3,(H,26,31)(H,27,28)(H,29,32). The third-order valence-corrected chi connectivity index (χ3v) is 6.91. The second kappa shape index (κ2) is 9.09. The molecule has 2 aliphatic rings. The molecule has 3 amide bonds. The van der Waals surface area contributed by atoms with Crippen molar-refractivity contribution in [1.82, 2.24) is 20.6 Å². The molecule has 3 N–H and O–H groups in total. The lowest BCUT2D eigenvalue weighted by molar-refractivity contribution is -0.132. The Morgan fingerprint density at radius 2 is 1.88 bits per heavy atom. The summed E-state index contributed by atoms with van der Waals surface area (Å²) in [6, 6.07) is 1.68. The molecular weight excluding hydrogens is 456 g/mol. The predicted octanol–water partition coefficient (Wildman–Crippen LogP) is 3.19. The number of anilines is 1. The molecule has 1 spiro atoms. The molecule has 1 aliphatic carbocycles. The number of aromatic nitrogens is 2. The minimum atomic E-state index is -1.06. The first kappa shape index (κ1) is 23.2. The molecule has 1 aromatic carbocycles. The maximum atomic E-state index is 13.8. The Balaban J connectivity index is 1.44. The maximum absolute atomic E-state index is 13.8. The molecule has 11 heteroatoms. The van der Waals surface area contributed by atoms with Gasteiger partial charge in [0, 0.05) is 31.1 Å². The van der Waals surface area contributed by atoms with Gasteiger partial charge >= 0.3 is 0 Å². The molecule has 2 heterocycles. The number of carbonyl (C=O) groups excluding carboxylic acids is 3. The highest BCUT2D eigenvalue weighted by molar-refractivity contribution is 6.33. The van der Waals surface area contributed by atoms with Gasteiger partial charge in [-0.15, -0.1) is 0 Å². The van der Waals surface area contributed by atoms with Crippen LogP contribution in [0.25, 0.3) is 0 Å². The van der Waals surface area contributed by atoms with Gasteiger partial charge in [0.05, 0.1) is 17.0 Å². The van der Waals surface area contributed by atoms with Crippen LogP contribution in [-0.4, -0.2) is 47.3 Å². The van der Waals surface area contributed by atoms with Gasteiger partial charge in [-0.1, -0.05) is 11.6 Å². The highest BCUT2D eigenvalue weighted by Crippen LogP contribution is 2.46. The largest absolute Gasteiger partial charge is 0.354 e. The highest BCUT2D eigenvalue weighted by atomic mass is 35.5. The molecule has 1 saturated heterocycles. The predicted molar refractivity (Wildman–Crippen MR) is 117 cm³/mol. The zero-order chi connectivity index (χ0) is 23.8. The van der Waals surface area contributed by atoms with Crippen LogP contribution in [0.4, 0.5) is 14.5 Å². The topological polar surface area (TPSA) is 107 Å². The lowest BCUT2D eigenvalue weighted by atomic mass is 9.67. The summed E-state index contributed by atoms with van der Waals surface area (Å²) in [6.45, 7) is 0.382. The molecule has 0 bridgehead atoms. The number of imidazole rings is 1. The van der Waals surface area contributed by atoms with Crippen LogP contribution in [0.3, 0.4) is 0 Å². The Bertz CT molecular complexity index is 1100. The first-order valence-corrected chi connectivity index (χ1v) is 11.2. The van der Waals surface area contributed by atoms with E-state index in [1.807, 2.05) is 0 Å². The first-order valence-electron chi connectivity index (χ1n) is 10.8. The van der Waals surface area contributed by atoms with Crippen LogP contribution < -0.4 is 15.5 Å². The molecule has 1 aliphatic heterocycles. The van der Waals surface area contributed by atoms with Gasteiger partial charge in [0.25, 0.3) is 11.8 Å². The number of hydrogen-bond donors (Lipinski definition) is 3. The summed E-state index contributed by atoms with van der Waals surface area (Å²) in [4.78, 5) is 46.0. The number of rotatable bonds is 4. The average Bonchev–Trinajstić information content (AvgIpc) is 3.30. The summed E-state index contributed by atoms with van der Waals surface area (Å²) in [7, 11) is 1.46. The fourth-order valence-electron chi connectivity index (χ4n) is 4.82. The average molecular weight is 480 g/mol. The van der Waals surface area contributed by atoms with Crippen molar-refractivity contribution in [2.24, 2.45) is 5.41 Å². The molecule has 176 valence electrons. The molecule has 0 atom stereocenters. The van der Waals surface area contributed by atoms with E-state index in [1.54, 1.807) is 0 Å². The number of H-pyrrole nitrogens is 1. The Kier molecular flexibility index (Phi) is 6.38. The normalized spacial score (nSPS) is 23.0. The number of nitrogens with zero attached hydrogens (tertiary/aromatic N) is 2. The summed E-state index contributed by atoms with van der Waals surface area (Å²) >= 11 is 6.12. The third-order valence-electron chi connectivity index (χ3n) is 6.60. The van der Waals surface area contributed by atoms with E-state index in [0.29, 0.717) is 45.1 Å². The van der Waals surface area contributed by atoms with E-state index in [9.17, 15) is 23.2 Å². The van der Waals surface area contributed by atoms with E-state index in [2.05, 4.69) is 20.6 Å². The molecule has 0 unspecified atom stereocenters. The summed E-state index contributed by atoms with van der Waals surface area (Å²) in [6.07, 6.45) is 4.89. The third kappa shape index (κ3) is 4.31. The van der Waals surface area contributed by atoms with Crippen LogP contribution in [0.2, 0.25) is 5.02 Å². The number of amides is 3. The number of nitrogens with one attached hydrogen (secondary N) is 3. The summed E-state index contributed by atoms with van der Waals surface area (Å²) < 4.78 is 27.3. The lowest BCUT2D eigenvalue weighted by Gasteiger charge is -2.45. The molecule has 1 saturated carbocycles. The van der Waals surface area contributed by atoms with Gasteiger partial charge in [0.2, 0.25) is 5.91 Å². The lowest BCUT2D eigenvalue weighted by Crippen LogP contribution is -2.52. The van der Waals surface area contributed by atoms with Crippen LogP contribution in [0.5, 0.6) is 0 Å². The molecule has 4 rings (SSSR count). The van der Waals surface area contributed by atoms with Crippen LogP contribution in [0, 0.1) is 17.0 Å². The summed E-state index contributed by atoms with van der Waals surface area (Å²) in [5.74, 6) is -3.16. The molecular formula is C22H24ClF2N5O3. The Morgan fingerprint density at radius 3 is 2.58 bits per heavy atom. The van der Waals surface area contributed by atoms with E-state index in [4.69, 9.17) is 11.6 Å². The zero-order valence-electron chi connectivity index (χ0n) is 18.0. The van der Waals surface area contributed by atoms with Crippen LogP contribution in [0.1, 0.15) is 59.5 Å². The van der Waals surface area contributed by atoms with Gasteiger partial charge in [0.15, 0.2) is 17.3 Å². The van der Waals surface area contributed by atoms with Crippen molar-refractivity contribution in [3.63, 3.8) is 0 Å². The van der Waals surface area contributed by atoms with Gasteiger partial charge in [-0.05, 0) is 44.6 Å². The fraction of sp³-hybridized carbons (Fsp3) is 0.455. The minimum absolute atomic E-state index is 0.00817. The van der Waals surface area contributed by atoms with Crippen molar-refractivity contribution in [2.45, 2.75) is 44.6 Å². The second-order valence-corrected chi connectivity index (χ2v) is 8.92. The van der Waals surface area contributed by atoms with Gasteiger partial charge in [-0.2, -0.15) is 0 Å². The molecule has 1 aromatic heterocycles. The monoisotopic (exact) mass is 479 g/mol. The van der Waals surface area contributed by atoms with E-state index in [0.717, 1.165) is 12.1 Å². The minimum Gasteiger partial charge on any atom is -0.354 e. The Morgan fingerprint density at radius 1 is 1.18 bits per heavy atom. The maximum Gasteiger partial charge on any atom is 0.272 e. The SMILES string of the molecule is CNC(=O)c1[nH]cnc1C(=O)NC1CCC2(CCCN(c3cc(F)c(F)cc3Cl)C2=O)CC1. The smallest absolute Gasteiger partial charge is 0.272 e. The van der Waals surface area contributed by atoms with Gasteiger partial charge < -0.3 is 20.5 Å². The number of aromatic amines is 1. The van der Waals surface area contributed by atoms with E-state index in [-0.39, 0.29) is 34.0 Å². The van der Waals surface area contributed by atoms with Crippen LogP contribution in [-0.2, 0) is 4.79 Å². The Labute approximate surface area is 194 Å². The zero-order valence-corrected chi connectivity index (χ0v) is 18.8. The summed E-state index contributed by atoms with van der Waals surface area (Å²) in [5, 5.41) is 5.35. The van der Waals surface area contributed by atoms with Crippen LogP contribution in [0.15, 0.2) is 18.5 Å². The molecule has 2 fully saturated rings. The number of halogens is 3. The summed E-state index contributed by atoms with van der Waals surface area (Å²) in [5.41, 5.74) is -0.352. The number of piperidine rings is 1. The number of benzene rings is 1. The van der Waals surface area contributed by atoms with Crippen molar-refractivity contribution in [3.8, 4) is 0 Å². The number of hydrogen-bond acceptors (Lipinski definition) is 4. The van der Waals surface area contributed by atoms with Crippen molar-refractivity contribution in [3.05, 3.63) is 46.5 Å². The number of carbonyl (C=O) groups is 3. The van der Waals surface area contributed by atoms with Crippen molar-refractivity contribution < 1.29 is 23.2 Å². The van der Waals surface area contributed by atoms with E-state index >= 15 is 0 Å². The van der Waals surface area contributed by atoms with Crippen molar-refractivity contribution in [1.29, 1.82) is 0 Å². The molecule has 33 heavy (non-hydrogen) atoms. The van der Waals surface area contributed by atoms with Crippen LogP contribution >= 0.6 is 11.6 Å². The van der Waals surface area contributed by atoms with E-state index in [1.165, 1.54) is 18.3 Å². The molecule has 8 nitrogen and oxygen atoms in total. The van der Waals surface area contributed by atoms with Crippen molar-refractivity contribution in [2.75, 3.05) is 18.5 Å². The van der Waals surface area contributed by atoms with Gasteiger partial charge in [0.1, 0.15) is 5.69 Å². The van der Waals surface area contributed by atoms with Gasteiger partial charge in [-0.3, -0.25) is 14.4 Å².